The average molecular weight is 360 g/mol. The number of thiocarbonyl (C=S) groups is 1. The molecule has 0 bridgehead atoms. The van der Waals surface area contributed by atoms with E-state index in [1.165, 1.54) is 6.07 Å². The van der Waals surface area contributed by atoms with Crippen molar-refractivity contribution < 1.29 is 13.2 Å². The fraction of sp³-hybridized carbons (Fsp3) is 0.333. The molecule has 2 aliphatic carbocycles. The van der Waals surface area contributed by atoms with Crippen molar-refractivity contribution in [1.82, 2.24) is 5.43 Å². The number of hydrogen-bond acceptors (Lipinski definition) is 2. The predicted molar refractivity (Wildman–Crippen MR) is 88.6 cm³/mol. The molecule has 0 heterocycles. The predicted octanol–water partition coefficient (Wildman–Crippen LogP) is 4.60. The number of fused-ring (bicyclic) bond motifs is 1. The molecule has 2 N–H and O–H groups in total. The van der Waals surface area contributed by atoms with Crippen molar-refractivity contribution in [2.75, 3.05) is 5.32 Å². The lowest BCUT2D eigenvalue weighted by Crippen LogP contribution is -2.36. The van der Waals surface area contributed by atoms with E-state index in [1.807, 2.05) is 0 Å². The summed E-state index contributed by atoms with van der Waals surface area (Å²) in [6.07, 6.45) is 1.75. The Bertz CT molecular complexity index is 700. The maximum atomic E-state index is 12.7. The highest BCUT2D eigenvalue weighted by Crippen LogP contribution is 2.40. The van der Waals surface area contributed by atoms with Crippen LogP contribution in [0.3, 0.4) is 0 Å². The first-order valence-electron chi connectivity index (χ1n) is 7.01. The highest BCUT2D eigenvalue weighted by Gasteiger charge is 2.38. The average Bonchev–Trinajstić information content (AvgIpc) is 2.82. The fourth-order valence-corrected chi connectivity index (χ4v) is 3.05. The van der Waals surface area contributed by atoms with E-state index >= 15 is 0 Å². The van der Waals surface area contributed by atoms with Gasteiger partial charge in [-0.3, -0.25) is 5.43 Å². The molecule has 23 heavy (non-hydrogen) atoms. The Hall–Kier alpha value is -1.60. The Labute approximate surface area is 141 Å². The fourth-order valence-electron chi connectivity index (χ4n) is 2.73. The van der Waals surface area contributed by atoms with E-state index in [4.69, 9.17) is 23.8 Å². The third-order valence-corrected chi connectivity index (χ3v) is 4.53. The third-order valence-electron chi connectivity index (χ3n) is 4.01. The van der Waals surface area contributed by atoms with E-state index in [2.05, 4.69) is 28.0 Å². The molecule has 2 aliphatic rings. The summed E-state index contributed by atoms with van der Waals surface area (Å²) >= 11 is 11.0. The van der Waals surface area contributed by atoms with Crippen LogP contribution in [0.5, 0.6) is 0 Å². The molecule has 1 fully saturated rings. The van der Waals surface area contributed by atoms with Gasteiger partial charge in [-0.05, 0) is 49.2 Å². The van der Waals surface area contributed by atoms with E-state index in [0.29, 0.717) is 11.8 Å². The quantitative estimate of drug-likeness (QED) is 0.460. The van der Waals surface area contributed by atoms with Gasteiger partial charge < -0.3 is 5.32 Å². The van der Waals surface area contributed by atoms with Crippen molar-refractivity contribution in [1.29, 1.82) is 0 Å². The molecular weight excluding hydrogens is 347 g/mol. The molecule has 0 amide bonds. The van der Waals surface area contributed by atoms with Crippen LogP contribution in [0.2, 0.25) is 5.02 Å². The molecule has 8 heteroatoms. The molecule has 0 aromatic heterocycles. The molecule has 1 aromatic rings. The second-order valence-electron chi connectivity index (χ2n) is 5.50. The maximum absolute atomic E-state index is 12.7. The van der Waals surface area contributed by atoms with Crippen LogP contribution < -0.4 is 10.7 Å². The number of nitrogens with one attached hydrogen (secondary N) is 2. The second kappa shape index (κ2) is 6.13. The second-order valence-corrected chi connectivity index (χ2v) is 6.32. The summed E-state index contributed by atoms with van der Waals surface area (Å²) in [5.41, 5.74) is 3.00. The lowest BCUT2D eigenvalue weighted by atomic mass is 9.74. The smallest absolute Gasteiger partial charge is 0.330 e. The first-order chi connectivity index (χ1) is 10.8. The Morgan fingerprint density at radius 1 is 1.35 bits per heavy atom. The molecule has 122 valence electrons. The lowest BCUT2D eigenvalue weighted by molar-refractivity contribution is -0.137. The van der Waals surface area contributed by atoms with Gasteiger partial charge in [0.05, 0.1) is 16.3 Å². The summed E-state index contributed by atoms with van der Waals surface area (Å²) in [6, 6.07) is 3.03. The number of benzene rings is 1. The zero-order chi connectivity index (χ0) is 16.6. The zero-order valence-electron chi connectivity index (χ0n) is 11.8. The minimum atomic E-state index is -4.44. The summed E-state index contributed by atoms with van der Waals surface area (Å²) in [5.74, 6) is 0.998. The zero-order valence-corrected chi connectivity index (χ0v) is 13.4. The molecule has 0 spiro atoms. The Morgan fingerprint density at radius 3 is 2.83 bits per heavy atom. The van der Waals surface area contributed by atoms with Gasteiger partial charge in [0, 0.05) is 11.6 Å². The number of hydrogen-bond donors (Lipinski definition) is 2. The third kappa shape index (κ3) is 3.50. The van der Waals surface area contributed by atoms with Crippen molar-refractivity contribution >= 4 is 40.3 Å². The number of halogens is 4. The van der Waals surface area contributed by atoms with Crippen LogP contribution >= 0.6 is 23.8 Å². The number of allylic oxidation sites excluding steroid dienone is 2. The monoisotopic (exact) mass is 359 g/mol. The van der Waals surface area contributed by atoms with Gasteiger partial charge >= 0.3 is 6.18 Å². The summed E-state index contributed by atoms with van der Waals surface area (Å²) in [5, 5.41) is 7.13. The van der Waals surface area contributed by atoms with Crippen molar-refractivity contribution in [2.24, 2.45) is 16.9 Å². The number of rotatable bonds is 2. The molecule has 0 saturated heterocycles. The maximum Gasteiger partial charge on any atom is 0.416 e. The highest BCUT2D eigenvalue weighted by molar-refractivity contribution is 7.80. The molecular formula is C15H13ClF3N3S. The molecule has 3 rings (SSSR count). The SMILES string of the molecule is FC(F)(F)c1ccc(Cl)c(NC(=S)NN=C2CC3C=CCC23)c1. The van der Waals surface area contributed by atoms with E-state index in [0.717, 1.165) is 30.7 Å². The van der Waals surface area contributed by atoms with Gasteiger partial charge in [0.25, 0.3) is 0 Å². The minimum absolute atomic E-state index is 0.0909. The van der Waals surface area contributed by atoms with Gasteiger partial charge in [-0.15, -0.1) is 0 Å². The Balaban J connectivity index is 1.63. The largest absolute Gasteiger partial charge is 0.416 e. The Kier molecular flexibility index (Phi) is 4.33. The Morgan fingerprint density at radius 2 is 2.13 bits per heavy atom. The van der Waals surface area contributed by atoms with Crippen LogP contribution in [0.4, 0.5) is 18.9 Å². The molecule has 0 aliphatic heterocycles. The van der Waals surface area contributed by atoms with Crippen LogP contribution in [0.25, 0.3) is 0 Å². The lowest BCUT2D eigenvalue weighted by Gasteiger charge is -2.31. The van der Waals surface area contributed by atoms with E-state index < -0.39 is 11.7 Å². The first-order valence-corrected chi connectivity index (χ1v) is 7.80. The number of nitrogens with zero attached hydrogens (tertiary/aromatic N) is 1. The van der Waals surface area contributed by atoms with E-state index in [1.54, 1.807) is 0 Å². The van der Waals surface area contributed by atoms with E-state index in [-0.39, 0.29) is 15.8 Å². The minimum Gasteiger partial charge on any atom is -0.330 e. The van der Waals surface area contributed by atoms with Crippen LogP contribution in [-0.2, 0) is 6.18 Å². The summed E-state index contributed by atoms with van der Waals surface area (Å²) in [7, 11) is 0. The van der Waals surface area contributed by atoms with Crippen molar-refractivity contribution in [3.63, 3.8) is 0 Å². The highest BCUT2D eigenvalue weighted by atomic mass is 35.5. The molecule has 0 radical (unpaired) electrons. The summed E-state index contributed by atoms with van der Waals surface area (Å²) < 4.78 is 38.2. The van der Waals surface area contributed by atoms with Crippen LogP contribution in [0, 0.1) is 11.8 Å². The van der Waals surface area contributed by atoms with Gasteiger partial charge in [-0.1, -0.05) is 23.8 Å². The van der Waals surface area contributed by atoms with E-state index in [9.17, 15) is 13.2 Å². The molecule has 1 saturated carbocycles. The van der Waals surface area contributed by atoms with Gasteiger partial charge in [-0.25, -0.2) is 0 Å². The van der Waals surface area contributed by atoms with Crippen molar-refractivity contribution in [3.05, 3.63) is 40.9 Å². The number of alkyl halides is 3. The molecule has 2 atom stereocenters. The molecule has 1 aromatic carbocycles. The van der Waals surface area contributed by atoms with Crippen molar-refractivity contribution in [3.8, 4) is 0 Å². The summed E-state index contributed by atoms with van der Waals surface area (Å²) in [6.45, 7) is 0. The number of hydrazone groups is 1. The van der Waals surface area contributed by atoms with Gasteiger partial charge in [-0.2, -0.15) is 18.3 Å². The first kappa shape index (κ1) is 16.3. The van der Waals surface area contributed by atoms with Crippen LogP contribution in [-0.4, -0.2) is 10.8 Å². The number of anilines is 1. The molecule has 2 unspecified atom stereocenters. The standard InChI is InChI=1S/C15H13ClF3N3S/c16-11-5-4-9(15(17,18)19)7-13(11)20-14(23)22-21-12-6-8-2-1-3-10(8)12/h1-2,4-5,7-8,10H,3,6H2,(H2,20,22,23). The van der Waals surface area contributed by atoms with Crippen LogP contribution in [0.1, 0.15) is 18.4 Å². The normalized spacial score (nSPS) is 24.3. The van der Waals surface area contributed by atoms with Crippen molar-refractivity contribution in [2.45, 2.75) is 19.0 Å². The van der Waals surface area contributed by atoms with Gasteiger partial charge in [0.2, 0.25) is 0 Å². The van der Waals surface area contributed by atoms with Gasteiger partial charge in [0.1, 0.15) is 0 Å². The van der Waals surface area contributed by atoms with Crippen LogP contribution in [0.15, 0.2) is 35.5 Å². The molecule has 3 nitrogen and oxygen atoms in total. The topological polar surface area (TPSA) is 36.4 Å². The van der Waals surface area contributed by atoms with Gasteiger partial charge in [0.15, 0.2) is 5.11 Å². The summed E-state index contributed by atoms with van der Waals surface area (Å²) in [4.78, 5) is 0.